The van der Waals surface area contributed by atoms with Gasteiger partial charge in [0.2, 0.25) is 0 Å². The third-order valence-corrected chi connectivity index (χ3v) is 3.07. The molecule has 0 nitrogen and oxygen atoms in total. The maximum absolute atomic E-state index is 13.6. The van der Waals surface area contributed by atoms with Crippen LogP contribution in [0.15, 0.2) is 22.2 Å². The highest BCUT2D eigenvalue weighted by molar-refractivity contribution is 9.11. The second-order valence-electron chi connectivity index (χ2n) is 3.59. The van der Waals surface area contributed by atoms with E-state index in [1.165, 1.54) is 0 Å². The summed E-state index contributed by atoms with van der Waals surface area (Å²) >= 11 is 8.19. The zero-order chi connectivity index (χ0) is 14.4. The van der Waals surface area contributed by atoms with Crippen LogP contribution in [-0.2, 0) is 0 Å². The Bertz CT molecular complexity index is 379. The van der Waals surface area contributed by atoms with Crippen molar-refractivity contribution in [2.24, 2.45) is 0 Å². The predicted octanol–water partition coefficient (Wildman–Crippen LogP) is 5.04. The van der Waals surface area contributed by atoms with Crippen LogP contribution in [0.4, 0.5) is 30.7 Å². The van der Waals surface area contributed by atoms with E-state index in [4.69, 9.17) is 11.6 Å². The summed E-state index contributed by atoms with van der Waals surface area (Å²) in [6.45, 7) is 0. The van der Waals surface area contributed by atoms with Gasteiger partial charge in [0.05, 0.1) is 5.38 Å². The number of hydrogen-bond donors (Lipinski definition) is 0. The van der Waals surface area contributed by atoms with Crippen LogP contribution in [-0.4, -0.2) is 23.4 Å². The third kappa shape index (κ3) is 2.68. The largest absolute Gasteiger partial charge is 0.435 e. The molecule has 0 saturated heterocycles. The van der Waals surface area contributed by atoms with Crippen molar-refractivity contribution in [2.45, 2.75) is 29.8 Å². The van der Waals surface area contributed by atoms with Gasteiger partial charge in [-0.2, -0.15) is 26.3 Å². The lowest BCUT2D eigenvalue weighted by atomic mass is 9.89. The van der Waals surface area contributed by atoms with Crippen molar-refractivity contribution in [3.8, 4) is 0 Å². The zero-order valence-electron chi connectivity index (χ0n) is 8.34. The topological polar surface area (TPSA) is 0 Å². The molecule has 18 heavy (non-hydrogen) atoms. The van der Waals surface area contributed by atoms with E-state index in [0.717, 1.165) is 0 Å². The summed E-state index contributed by atoms with van der Waals surface area (Å²) in [6, 6.07) is 0. The molecule has 1 atom stereocenters. The quantitative estimate of drug-likeness (QED) is 0.454. The second kappa shape index (κ2) is 4.70. The second-order valence-corrected chi connectivity index (χ2v) is 5.17. The van der Waals surface area contributed by atoms with Crippen LogP contribution in [0.25, 0.3) is 0 Å². The van der Waals surface area contributed by atoms with E-state index in [1.807, 2.05) is 0 Å². The smallest absolute Gasteiger partial charge is 0.218 e. The maximum atomic E-state index is 13.6. The Hall–Kier alpha value is -0.240. The predicted molar refractivity (Wildman–Crippen MR) is 55.3 cm³/mol. The first-order valence-corrected chi connectivity index (χ1v) is 5.67. The van der Waals surface area contributed by atoms with Crippen molar-refractivity contribution in [3.63, 3.8) is 0 Å². The molecule has 0 N–H and O–H groups in total. The van der Waals surface area contributed by atoms with Crippen molar-refractivity contribution < 1.29 is 30.7 Å². The molecule has 0 aromatic carbocycles. The Balaban J connectivity index is 3.39. The minimum atomic E-state index is -6.12. The standard InChI is InChI=1S/C9H5BrClF7/c10-5-1-4(2-6(11)3-5)7(12,8(13,14)15)9(16,17)18/h1-2,6H,3H2. The zero-order valence-corrected chi connectivity index (χ0v) is 10.7. The van der Waals surface area contributed by atoms with E-state index < -0.39 is 29.0 Å². The minimum Gasteiger partial charge on any atom is -0.218 e. The summed E-state index contributed by atoms with van der Waals surface area (Å²) < 4.78 is 88.1. The molecule has 0 saturated carbocycles. The molecule has 0 aromatic heterocycles. The summed E-state index contributed by atoms with van der Waals surface area (Å²) in [7, 11) is 0. The van der Waals surface area contributed by atoms with E-state index >= 15 is 0 Å². The molecule has 0 radical (unpaired) electrons. The van der Waals surface area contributed by atoms with Crippen molar-refractivity contribution >= 4 is 27.5 Å². The van der Waals surface area contributed by atoms with Crippen LogP contribution in [0.2, 0.25) is 0 Å². The van der Waals surface area contributed by atoms with E-state index in [1.54, 1.807) is 0 Å². The monoisotopic (exact) mass is 360 g/mol. The highest BCUT2D eigenvalue weighted by Crippen LogP contribution is 2.52. The molecule has 1 aliphatic rings. The van der Waals surface area contributed by atoms with Gasteiger partial charge in [0.1, 0.15) is 0 Å². The van der Waals surface area contributed by atoms with Crippen LogP contribution in [0.5, 0.6) is 0 Å². The van der Waals surface area contributed by atoms with Gasteiger partial charge in [0.15, 0.2) is 0 Å². The Morgan fingerprint density at radius 3 is 1.83 bits per heavy atom. The Morgan fingerprint density at radius 2 is 1.50 bits per heavy atom. The number of allylic oxidation sites excluding steroid dienone is 4. The van der Waals surface area contributed by atoms with Crippen LogP contribution < -0.4 is 0 Å². The molecule has 0 aromatic rings. The molecular weight excluding hydrogens is 356 g/mol. The molecule has 0 aliphatic heterocycles. The number of alkyl halides is 8. The van der Waals surface area contributed by atoms with Crippen molar-refractivity contribution in [1.29, 1.82) is 0 Å². The maximum Gasteiger partial charge on any atom is 0.435 e. The molecule has 0 bridgehead atoms. The molecule has 0 amide bonds. The van der Waals surface area contributed by atoms with Gasteiger partial charge in [-0.25, -0.2) is 4.39 Å². The molecule has 9 heteroatoms. The number of halogens is 9. The molecule has 0 heterocycles. The van der Waals surface area contributed by atoms with Crippen LogP contribution in [0.1, 0.15) is 6.42 Å². The summed E-state index contributed by atoms with van der Waals surface area (Å²) in [6.07, 6.45) is -11.4. The van der Waals surface area contributed by atoms with Crippen LogP contribution in [0.3, 0.4) is 0 Å². The lowest BCUT2D eigenvalue weighted by Crippen LogP contribution is -2.54. The van der Waals surface area contributed by atoms with Gasteiger partial charge < -0.3 is 0 Å². The van der Waals surface area contributed by atoms with Gasteiger partial charge >= 0.3 is 18.0 Å². The van der Waals surface area contributed by atoms with E-state index in [-0.39, 0.29) is 10.9 Å². The number of rotatable bonds is 1. The fourth-order valence-electron chi connectivity index (χ4n) is 1.42. The van der Waals surface area contributed by atoms with Gasteiger partial charge in [-0.1, -0.05) is 22.0 Å². The van der Waals surface area contributed by atoms with E-state index in [9.17, 15) is 30.7 Å². The first-order chi connectivity index (χ1) is 7.89. The van der Waals surface area contributed by atoms with Crippen molar-refractivity contribution in [3.05, 3.63) is 22.2 Å². The van der Waals surface area contributed by atoms with E-state index in [2.05, 4.69) is 15.9 Å². The third-order valence-electron chi connectivity index (χ3n) is 2.24. The molecule has 104 valence electrons. The van der Waals surface area contributed by atoms with Crippen molar-refractivity contribution in [2.75, 3.05) is 0 Å². The highest BCUT2D eigenvalue weighted by atomic mass is 79.9. The van der Waals surface area contributed by atoms with Crippen LogP contribution in [0, 0.1) is 0 Å². The van der Waals surface area contributed by atoms with Gasteiger partial charge in [0, 0.05) is 5.57 Å². The lowest BCUT2D eigenvalue weighted by Gasteiger charge is -2.32. The summed E-state index contributed by atoms with van der Waals surface area (Å²) in [4.78, 5) is 0. The van der Waals surface area contributed by atoms with Gasteiger partial charge in [-0.15, -0.1) is 11.6 Å². The summed E-state index contributed by atoms with van der Waals surface area (Å²) in [5.74, 6) is 0. The van der Waals surface area contributed by atoms with Crippen LogP contribution >= 0.6 is 27.5 Å². The van der Waals surface area contributed by atoms with Gasteiger partial charge in [0.25, 0.3) is 0 Å². The van der Waals surface area contributed by atoms with Gasteiger partial charge in [-0.05, 0) is 17.0 Å². The fraction of sp³-hybridized carbons (Fsp3) is 0.556. The normalized spacial score (nSPS) is 22.6. The summed E-state index contributed by atoms with van der Waals surface area (Å²) in [5.41, 5.74) is -6.98. The van der Waals surface area contributed by atoms with Crippen molar-refractivity contribution in [1.82, 2.24) is 0 Å². The first kappa shape index (κ1) is 15.8. The molecule has 1 unspecified atom stereocenters. The minimum absolute atomic E-state index is 0.00313. The highest BCUT2D eigenvalue weighted by Gasteiger charge is 2.74. The SMILES string of the molecule is FC(F)(F)C(F)(C1=CC(Cl)CC(Br)=C1)C(F)(F)F. The molecule has 0 fully saturated rings. The average Bonchev–Trinajstić information content (AvgIpc) is 2.11. The number of hydrogen-bond acceptors (Lipinski definition) is 0. The van der Waals surface area contributed by atoms with E-state index in [0.29, 0.717) is 12.2 Å². The lowest BCUT2D eigenvalue weighted by molar-refractivity contribution is -0.325. The Morgan fingerprint density at radius 1 is 1.06 bits per heavy atom. The first-order valence-electron chi connectivity index (χ1n) is 4.44. The Labute approximate surface area is 111 Å². The fourth-order valence-corrected chi connectivity index (χ4v) is 2.50. The molecular formula is C9H5BrClF7. The molecule has 0 spiro atoms. The molecule has 1 aliphatic carbocycles. The molecule has 1 rings (SSSR count). The Kier molecular flexibility index (Phi) is 4.13. The average molecular weight is 361 g/mol. The van der Waals surface area contributed by atoms with Gasteiger partial charge in [-0.3, -0.25) is 0 Å². The summed E-state index contributed by atoms with van der Waals surface area (Å²) in [5, 5.41) is -1.14.